The van der Waals surface area contributed by atoms with Crippen LogP contribution in [0.5, 0.6) is 0 Å². The van der Waals surface area contributed by atoms with Gasteiger partial charge >= 0.3 is 0 Å². The SMILES string of the molecule is CC(C)=O.CC(C)=O.O.[Zn]. The predicted molar refractivity (Wildman–Crippen MR) is 36.3 cm³/mol. The summed E-state index contributed by atoms with van der Waals surface area (Å²) in [6.07, 6.45) is 0. The van der Waals surface area contributed by atoms with Crippen molar-refractivity contribution >= 4 is 11.6 Å². The van der Waals surface area contributed by atoms with Gasteiger partial charge in [-0.2, -0.15) is 0 Å². The molecule has 0 aliphatic carbocycles. The van der Waals surface area contributed by atoms with E-state index in [4.69, 9.17) is 0 Å². The van der Waals surface area contributed by atoms with E-state index in [0.29, 0.717) is 0 Å². The Morgan fingerprint density at radius 2 is 0.800 bits per heavy atom. The van der Waals surface area contributed by atoms with Gasteiger partial charge in [0, 0.05) is 19.5 Å². The Morgan fingerprint density at radius 3 is 0.800 bits per heavy atom. The van der Waals surface area contributed by atoms with E-state index in [1.807, 2.05) is 0 Å². The molecule has 0 aliphatic rings. The van der Waals surface area contributed by atoms with Crippen LogP contribution in [0.25, 0.3) is 0 Å². The molecule has 3 nitrogen and oxygen atoms in total. The van der Waals surface area contributed by atoms with Crippen molar-refractivity contribution in [2.24, 2.45) is 0 Å². The summed E-state index contributed by atoms with van der Waals surface area (Å²) < 4.78 is 0. The standard InChI is InChI=1S/2C3H6O.H2O.Zn/c2*1-3(2)4;;/h2*1-2H3;1H2;. The molecule has 0 bridgehead atoms. The molecule has 4 heteroatoms. The second-order valence-electron chi connectivity index (χ2n) is 1.82. The van der Waals surface area contributed by atoms with Crippen LogP contribution in [0.1, 0.15) is 27.7 Å². The van der Waals surface area contributed by atoms with Crippen LogP contribution in [0, 0.1) is 0 Å². The minimum absolute atomic E-state index is 0. The molecule has 0 aliphatic heterocycles. The van der Waals surface area contributed by atoms with Crippen molar-refractivity contribution < 1.29 is 34.5 Å². The molecule has 0 saturated carbocycles. The van der Waals surface area contributed by atoms with Gasteiger partial charge in [0.2, 0.25) is 0 Å². The predicted octanol–water partition coefficient (Wildman–Crippen LogP) is 0.363. The molecule has 2 N–H and O–H groups in total. The van der Waals surface area contributed by atoms with Crippen LogP contribution < -0.4 is 0 Å². The van der Waals surface area contributed by atoms with Gasteiger partial charge in [-0.25, -0.2) is 0 Å². The Hall–Kier alpha value is -0.0766. The van der Waals surface area contributed by atoms with Gasteiger partial charge in [0.25, 0.3) is 0 Å². The fourth-order valence-corrected chi connectivity index (χ4v) is 0. The first-order valence-corrected chi connectivity index (χ1v) is 2.41. The van der Waals surface area contributed by atoms with E-state index >= 15 is 0 Å². The quantitative estimate of drug-likeness (QED) is 0.529. The monoisotopic (exact) mass is 198 g/mol. The van der Waals surface area contributed by atoms with Crippen LogP contribution in [0.3, 0.4) is 0 Å². The third-order valence-corrected chi connectivity index (χ3v) is 0. The summed E-state index contributed by atoms with van der Waals surface area (Å²) in [6, 6.07) is 0. The van der Waals surface area contributed by atoms with Crippen molar-refractivity contribution in [1.29, 1.82) is 0 Å². The zero-order chi connectivity index (χ0) is 7.15. The van der Waals surface area contributed by atoms with Crippen LogP contribution in [0.15, 0.2) is 0 Å². The van der Waals surface area contributed by atoms with E-state index in [1.165, 1.54) is 27.7 Å². The Balaban J connectivity index is -0.0000000300. The summed E-state index contributed by atoms with van der Waals surface area (Å²) in [7, 11) is 0. The average Bonchev–Trinajstić information content (AvgIpc) is 1.25. The molecular formula is C6H14O3Zn. The molecule has 0 aromatic heterocycles. The van der Waals surface area contributed by atoms with E-state index in [2.05, 4.69) is 0 Å². The minimum atomic E-state index is 0. The minimum Gasteiger partial charge on any atom is -0.412 e. The molecule has 0 aromatic rings. The fraction of sp³-hybridized carbons (Fsp3) is 0.667. The van der Waals surface area contributed by atoms with Crippen molar-refractivity contribution in [2.75, 3.05) is 0 Å². The molecule has 0 fully saturated rings. The van der Waals surface area contributed by atoms with E-state index in [-0.39, 0.29) is 36.5 Å². The maximum absolute atomic E-state index is 9.44. The molecule has 0 spiro atoms. The molecule has 0 rings (SSSR count). The first-order chi connectivity index (χ1) is 3.46. The van der Waals surface area contributed by atoms with E-state index in [9.17, 15) is 9.59 Å². The van der Waals surface area contributed by atoms with Crippen molar-refractivity contribution in [1.82, 2.24) is 0 Å². The van der Waals surface area contributed by atoms with Crippen molar-refractivity contribution in [3.05, 3.63) is 0 Å². The largest absolute Gasteiger partial charge is 0.412 e. The summed E-state index contributed by atoms with van der Waals surface area (Å²) in [4.78, 5) is 18.9. The van der Waals surface area contributed by atoms with Crippen molar-refractivity contribution in [3.63, 3.8) is 0 Å². The summed E-state index contributed by atoms with van der Waals surface area (Å²) >= 11 is 0. The third-order valence-electron chi connectivity index (χ3n) is 0. The first kappa shape index (κ1) is 22.5. The van der Waals surface area contributed by atoms with Gasteiger partial charge < -0.3 is 15.1 Å². The van der Waals surface area contributed by atoms with Gasteiger partial charge in [-0.15, -0.1) is 0 Å². The Bertz CT molecular complexity index is 71.0. The van der Waals surface area contributed by atoms with E-state index < -0.39 is 0 Å². The molecule has 0 aromatic carbocycles. The van der Waals surface area contributed by atoms with Crippen LogP contribution in [0.4, 0.5) is 0 Å². The van der Waals surface area contributed by atoms with Gasteiger partial charge in [-0.1, -0.05) is 0 Å². The zero-order valence-corrected chi connectivity index (χ0v) is 9.99. The zero-order valence-electron chi connectivity index (χ0n) is 7.02. The first-order valence-electron chi connectivity index (χ1n) is 2.41. The average molecular weight is 200 g/mol. The number of hydrogen-bond acceptors (Lipinski definition) is 2. The summed E-state index contributed by atoms with van der Waals surface area (Å²) in [5, 5.41) is 0. The Kier molecular flexibility index (Phi) is 36.0. The van der Waals surface area contributed by atoms with Crippen LogP contribution in [0.2, 0.25) is 0 Å². The molecule has 0 radical (unpaired) electrons. The van der Waals surface area contributed by atoms with Gasteiger partial charge in [0.1, 0.15) is 11.6 Å². The second-order valence-corrected chi connectivity index (χ2v) is 1.82. The summed E-state index contributed by atoms with van der Waals surface area (Å²) in [6.45, 7) is 6.11. The number of ketones is 2. The maximum Gasteiger partial charge on any atom is 0.126 e. The van der Waals surface area contributed by atoms with Gasteiger partial charge in [-0.3, -0.25) is 0 Å². The normalized spacial score (nSPS) is 5.20. The maximum atomic E-state index is 9.44. The van der Waals surface area contributed by atoms with Crippen LogP contribution in [-0.4, -0.2) is 17.0 Å². The number of Topliss-reactive ketones (excluding diaryl/α,β-unsaturated/α-hetero) is 2. The smallest absolute Gasteiger partial charge is 0.126 e. The topological polar surface area (TPSA) is 65.6 Å². The molecule has 0 atom stereocenters. The van der Waals surface area contributed by atoms with E-state index in [0.717, 1.165) is 0 Å². The summed E-state index contributed by atoms with van der Waals surface area (Å²) in [5.41, 5.74) is 0. The van der Waals surface area contributed by atoms with E-state index in [1.54, 1.807) is 0 Å². The van der Waals surface area contributed by atoms with Crippen molar-refractivity contribution in [3.8, 4) is 0 Å². The third kappa shape index (κ3) is 64700. The Morgan fingerprint density at radius 1 is 0.800 bits per heavy atom. The molecule has 10 heavy (non-hydrogen) atoms. The molecular weight excluding hydrogens is 185 g/mol. The molecule has 0 amide bonds. The van der Waals surface area contributed by atoms with Gasteiger partial charge in [0.15, 0.2) is 0 Å². The number of hydrogen-bond donors (Lipinski definition) is 0. The van der Waals surface area contributed by atoms with Gasteiger partial charge in [0.05, 0.1) is 0 Å². The number of carbonyl (C=O) groups is 2. The van der Waals surface area contributed by atoms with Crippen molar-refractivity contribution in [2.45, 2.75) is 27.7 Å². The fourth-order valence-electron chi connectivity index (χ4n) is 0. The number of rotatable bonds is 0. The van der Waals surface area contributed by atoms with Crippen LogP contribution >= 0.6 is 0 Å². The van der Waals surface area contributed by atoms with Gasteiger partial charge in [-0.05, 0) is 27.7 Å². The molecule has 58 valence electrons. The molecule has 0 saturated heterocycles. The molecule has 0 unspecified atom stereocenters. The number of carbonyl (C=O) groups excluding carboxylic acids is 2. The van der Waals surface area contributed by atoms with Crippen LogP contribution in [-0.2, 0) is 29.1 Å². The molecule has 0 heterocycles. The summed E-state index contributed by atoms with van der Waals surface area (Å²) in [5.74, 6) is 0.333. The second kappa shape index (κ2) is 16.0. The Labute approximate surface area is 74.3 Å².